The van der Waals surface area contributed by atoms with Gasteiger partial charge in [0.05, 0.1) is 19.1 Å². The molecule has 3 rings (SSSR count). The lowest BCUT2D eigenvalue weighted by Crippen LogP contribution is -2.32. The fourth-order valence-electron chi connectivity index (χ4n) is 3.37. The van der Waals surface area contributed by atoms with Crippen LogP contribution < -0.4 is 4.74 Å². The molecule has 1 saturated heterocycles. The highest BCUT2D eigenvalue weighted by Crippen LogP contribution is 2.32. The van der Waals surface area contributed by atoms with Crippen molar-refractivity contribution in [1.82, 2.24) is 10.1 Å². The van der Waals surface area contributed by atoms with Gasteiger partial charge in [-0.05, 0) is 43.9 Å². The summed E-state index contributed by atoms with van der Waals surface area (Å²) in [5.41, 5.74) is 1.90. The van der Waals surface area contributed by atoms with E-state index in [1.54, 1.807) is 0 Å². The first-order chi connectivity index (χ1) is 12.2. The van der Waals surface area contributed by atoms with E-state index in [2.05, 4.69) is 12.1 Å². The lowest BCUT2D eigenvalue weighted by atomic mass is 10.1. The first-order valence-electron chi connectivity index (χ1n) is 9.18. The summed E-state index contributed by atoms with van der Waals surface area (Å²) in [6.45, 7) is 5.51. The lowest BCUT2D eigenvalue weighted by Gasteiger charge is -2.23. The average molecular weight is 342 g/mol. The fraction of sp³-hybridized carbons (Fsp3) is 0.500. The molecular formula is C20H26N2O3. The highest BCUT2D eigenvalue weighted by Gasteiger charge is 2.32. The van der Waals surface area contributed by atoms with Gasteiger partial charge in [-0.1, -0.05) is 24.2 Å². The zero-order valence-corrected chi connectivity index (χ0v) is 15.0. The van der Waals surface area contributed by atoms with Crippen LogP contribution in [0.1, 0.15) is 56.2 Å². The second-order valence-corrected chi connectivity index (χ2v) is 6.47. The largest absolute Gasteiger partial charge is 0.494 e. The van der Waals surface area contributed by atoms with Gasteiger partial charge in [0.15, 0.2) is 0 Å². The van der Waals surface area contributed by atoms with E-state index in [0.717, 1.165) is 55.0 Å². The van der Waals surface area contributed by atoms with Gasteiger partial charge in [0.1, 0.15) is 17.2 Å². The molecule has 0 aliphatic carbocycles. The molecule has 1 aliphatic heterocycles. The molecule has 1 fully saturated rings. The molecule has 1 atom stereocenters. The van der Waals surface area contributed by atoms with Gasteiger partial charge in [0.2, 0.25) is 5.91 Å². The molecule has 25 heavy (non-hydrogen) atoms. The van der Waals surface area contributed by atoms with Crippen LogP contribution in [0.4, 0.5) is 0 Å². The number of rotatable bonds is 7. The Labute approximate surface area is 148 Å². The number of aromatic nitrogens is 1. The molecule has 0 bridgehead atoms. The van der Waals surface area contributed by atoms with Gasteiger partial charge >= 0.3 is 0 Å². The third-order valence-electron chi connectivity index (χ3n) is 4.58. The summed E-state index contributed by atoms with van der Waals surface area (Å²) in [7, 11) is 0. The third-order valence-corrected chi connectivity index (χ3v) is 4.58. The quantitative estimate of drug-likeness (QED) is 0.765. The zero-order valence-electron chi connectivity index (χ0n) is 15.0. The van der Waals surface area contributed by atoms with E-state index in [1.807, 2.05) is 42.2 Å². The van der Waals surface area contributed by atoms with Crippen LogP contribution in [-0.4, -0.2) is 29.1 Å². The van der Waals surface area contributed by atoms with Gasteiger partial charge in [-0.25, -0.2) is 0 Å². The standard InChI is InChI=1S/C20H26N2O3/c1-3-6-17-14-18(21-25-17)19-7-5-12-22(19)20(23)13-15-8-10-16(11-9-15)24-4-2/h8-11,14,19H,3-7,12-13H2,1-2H3/t19-/m1/s1. The molecule has 1 aromatic heterocycles. The van der Waals surface area contributed by atoms with E-state index in [9.17, 15) is 4.79 Å². The van der Waals surface area contributed by atoms with Crippen LogP contribution in [0.5, 0.6) is 5.75 Å². The molecule has 0 unspecified atom stereocenters. The van der Waals surface area contributed by atoms with Gasteiger partial charge in [-0.15, -0.1) is 0 Å². The Kier molecular flexibility index (Phi) is 5.74. The number of carbonyl (C=O) groups excluding carboxylic acids is 1. The van der Waals surface area contributed by atoms with Crippen LogP contribution in [-0.2, 0) is 17.6 Å². The van der Waals surface area contributed by atoms with Crippen LogP contribution in [0, 0.1) is 0 Å². The molecule has 0 spiro atoms. The van der Waals surface area contributed by atoms with Crippen LogP contribution in [0.25, 0.3) is 0 Å². The van der Waals surface area contributed by atoms with Crippen LogP contribution in [0.2, 0.25) is 0 Å². The summed E-state index contributed by atoms with van der Waals surface area (Å²) in [4.78, 5) is 14.7. The molecule has 0 N–H and O–H groups in total. The smallest absolute Gasteiger partial charge is 0.227 e. The molecule has 0 radical (unpaired) electrons. The van der Waals surface area contributed by atoms with Crippen molar-refractivity contribution in [1.29, 1.82) is 0 Å². The van der Waals surface area contributed by atoms with Crippen LogP contribution in [0.15, 0.2) is 34.9 Å². The Morgan fingerprint density at radius 2 is 2.12 bits per heavy atom. The highest BCUT2D eigenvalue weighted by molar-refractivity contribution is 5.79. The summed E-state index contributed by atoms with van der Waals surface area (Å²) < 4.78 is 10.8. The highest BCUT2D eigenvalue weighted by atomic mass is 16.5. The Hall–Kier alpha value is -2.30. The second kappa shape index (κ2) is 8.19. The molecular weight excluding hydrogens is 316 g/mol. The lowest BCUT2D eigenvalue weighted by molar-refractivity contribution is -0.131. The summed E-state index contributed by atoms with van der Waals surface area (Å²) in [5.74, 6) is 1.89. The van der Waals surface area contributed by atoms with E-state index in [-0.39, 0.29) is 11.9 Å². The van der Waals surface area contributed by atoms with Crippen molar-refractivity contribution in [3.8, 4) is 5.75 Å². The van der Waals surface area contributed by atoms with Gasteiger partial charge in [-0.2, -0.15) is 0 Å². The summed E-state index contributed by atoms with van der Waals surface area (Å²) in [6.07, 6.45) is 4.28. The van der Waals surface area contributed by atoms with Crippen molar-refractivity contribution in [2.75, 3.05) is 13.2 Å². The minimum Gasteiger partial charge on any atom is -0.494 e. The van der Waals surface area contributed by atoms with Gasteiger partial charge < -0.3 is 14.2 Å². The Morgan fingerprint density at radius 3 is 2.84 bits per heavy atom. The SMILES string of the molecule is CCCc1cc([C@H]2CCCN2C(=O)Cc2ccc(OCC)cc2)no1. The number of hydrogen-bond donors (Lipinski definition) is 0. The van der Waals surface area contributed by atoms with Crippen molar-refractivity contribution in [2.45, 2.75) is 52.0 Å². The maximum atomic E-state index is 12.8. The number of carbonyl (C=O) groups is 1. The monoisotopic (exact) mass is 342 g/mol. The predicted octanol–water partition coefficient (Wildman–Crippen LogP) is 3.93. The molecule has 1 aromatic carbocycles. The zero-order chi connectivity index (χ0) is 17.6. The van der Waals surface area contributed by atoms with E-state index >= 15 is 0 Å². The van der Waals surface area contributed by atoms with E-state index in [0.29, 0.717) is 13.0 Å². The number of benzene rings is 1. The van der Waals surface area contributed by atoms with E-state index < -0.39 is 0 Å². The number of hydrogen-bond acceptors (Lipinski definition) is 4. The number of likely N-dealkylation sites (tertiary alicyclic amines) is 1. The minimum atomic E-state index is 0.0459. The molecule has 1 aliphatic rings. The molecule has 134 valence electrons. The molecule has 1 amide bonds. The number of amides is 1. The predicted molar refractivity (Wildman–Crippen MR) is 95.5 cm³/mol. The second-order valence-electron chi connectivity index (χ2n) is 6.47. The average Bonchev–Trinajstić information content (AvgIpc) is 3.26. The summed E-state index contributed by atoms with van der Waals surface area (Å²) >= 11 is 0. The van der Waals surface area contributed by atoms with Crippen LogP contribution in [0.3, 0.4) is 0 Å². The molecule has 2 heterocycles. The van der Waals surface area contributed by atoms with Gasteiger partial charge in [-0.3, -0.25) is 4.79 Å². The van der Waals surface area contributed by atoms with Crippen molar-refractivity contribution < 1.29 is 14.1 Å². The van der Waals surface area contributed by atoms with Crippen molar-refractivity contribution >= 4 is 5.91 Å². The Balaban J connectivity index is 1.65. The minimum absolute atomic E-state index is 0.0459. The molecule has 5 nitrogen and oxygen atoms in total. The molecule has 0 saturated carbocycles. The van der Waals surface area contributed by atoms with Crippen molar-refractivity contribution in [2.24, 2.45) is 0 Å². The van der Waals surface area contributed by atoms with Crippen molar-refractivity contribution in [3.63, 3.8) is 0 Å². The molecule has 5 heteroatoms. The maximum Gasteiger partial charge on any atom is 0.227 e. The molecule has 2 aromatic rings. The van der Waals surface area contributed by atoms with Gasteiger partial charge in [0, 0.05) is 19.0 Å². The first kappa shape index (κ1) is 17.5. The Bertz CT molecular complexity index is 693. The first-order valence-corrected chi connectivity index (χ1v) is 9.18. The van der Waals surface area contributed by atoms with E-state index in [1.165, 1.54) is 0 Å². The number of ether oxygens (including phenoxy) is 1. The summed E-state index contributed by atoms with van der Waals surface area (Å²) in [5, 5.41) is 4.20. The maximum absolute atomic E-state index is 12.8. The van der Waals surface area contributed by atoms with E-state index in [4.69, 9.17) is 9.26 Å². The summed E-state index contributed by atoms with van der Waals surface area (Å²) in [6, 6.07) is 9.82. The normalized spacial score (nSPS) is 17.0. The van der Waals surface area contributed by atoms with Crippen molar-refractivity contribution in [3.05, 3.63) is 47.3 Å². The third kappa shape index (κ3) is 4.21. The van der Waals surface area contributed by atoms with Crippen LogP contribution >= 0.6 is 0 Å². The Morgan fingerprint density at radius 1 is 1.32 bits per heavy atom. The topological polar surface area (TPSA) is 55.6 Å². The van der Waals surface area contributed by atoms with Gasteiger partial charge in [0.25, 0.3) is 0 Å². The number of nitrogens with zero attached hydrogens (tertiary/aromatic N) is 2. The number of aryl methyl sites for hydroxylation is 1. The fourth-order valence-corrected chi connectivity index (χ4v) is 3.37.